The number of amides is 1. The summed E-state index contributed by atoms with van der Waals surface area (Å²) in [6.07, 6.45) is -48.7. The Kier molecular flexibility index (Phi) is 20.9. The lowest BCUT2D eigenvalue weighted by molar-refractivity contribution is -0.406. The van der Waals surface area contributed by atoms with Crippen LogP contribution in [0.15, 0.2) is 0 Å². The van der Waals surface area contributed by atoms with Crippen LogP contribution in [0.25, 0.3) is 0 Å². The number of esters is 1. The van der Waals surface area contributed by atoms with E-state index in [4.69, 9.17) is 61.6 Å². The molecule has 0 unspecified atom stereocenters. The smallest absolute Gasteiger partial charge is 0.303 e. The maximum Gasteiger partial charge on any atom is 0.303 e. The van der Waals surface area contributed by atoms with Gasteiger partial charge in [-0.1, -0.05) is 6.92 Å². The van der Waals surface area contributed by atoms with Gasteiger partial charge in [-0.3, -0.25) is 9.59 Å². The Balaban J connectivity index is 1.39. The summed E-state index contributed by atoms with van der Waals surface area (Å²) in [7, 11) is 0. The standard InChI is InChI=1S/C43H73NO28/c1-8-9-60-41-35(29(57)22(50)13(3)62-41)71-43-37(34(24(52)15(5)64-43)70-40-31(59)28(56)25(53)18(10-45)67-40)72-38-20(44-16(6)47)32(26(54)19(11-46)66-38)68-42-36(65-17(7)48)33(23(51)14(4)63-42)69-39-30(58)27(55)21(49)12(2)61-39/h12-15,18-43,45-46,49-59H,8-11H2,1-7H3,(H,44,47)/t12-,13-,14-,15-,18+,19+,20+,21-,22-,23-,24-,25+,26+,27+,28-,29+,30+,31+,32+,33+,34+,35+,36+,37+,38-,39-,40+,41+,42-,43-/m0/s1. The molecule has 6 rings (SSSR count). The van der Waals surface area contributed by atoms with E-state index in [1.165, 1.54) is 27.7 Å². The summed E-state index contributed by atoms with van der Waals surface area (Å²) >= 11 is 0. The van der Waals surface area contributed by atoms with E-state index >= 15 is 0 Å². The van der Waals surface area contributed by atoms with Crippen LogP contribution in [0.2, 0.25) is 0 Å². The predicted molar refractivity (Wildman–Crippen MR) is 229 cm³/mol. The molecule has 0 aliphatic carbocycles. The number of carbonyl (C=O) groups excluding carboxylic acids is 2. The number of carbonyl (C=O) groups is 2. The van der Waals surface area contributed by atoms with E-state index < -0.39 is 209 Å². The molecule has 29 heteroatoms. The molecule has 6 fully saturated rings. The van der Waals surface area contributed by atoms with E-state index in [-0.39, 0.29) is 6.61 Å². The Morgan fingerprint density at radius 3 is 1.39 bits per heavy atom. The number of nitrogens with one attached hydrogen (secondary N) is 1. The van der Waals surface area contributed by atoms with Gasteiger partial charge in [0.05, 0.1) is 37.6 Å². The van der Waals surface area contributed by atoms with Crippen LogP contribution < -0.4 is 5.32 Å². The number of hydrogen-bond acceptors (Lipinski definition) is 28. The number of rotatable bonds is 17. The molecule has 6 aliphatic rings. The third-order valence-electron chi connectivity index (χ3n) is 13.4. The molecule has 0 aromatic rings. The maximum absolute atomic E-state index is 13.1. The van der Waals surface area contributed by atoms with E-state index in [2.05, 4.69) is 5.32 Å². The molecule has 0 spiro atoms. The quantitative estimate of drug-likeness (QED) is 0.0602. The zero-order valence-corrected chi connectivity index (χ0v) is 40.6. The summed E-state index contributed by atoms with van der Waals surface area (Å²) in [5.74, 6) is -1.80. The Morgan fingerprint density at radius 2 is 0.847 bits per heavy atom. The van der Waals surface area contributed by atoms with Crippen molar-refractivity contribution < 1.29 is 138 Å². The average molecular weight is 1050 g/mol. The van der Waals surface area contributed by atoms with Crippen molar-refractivity contribution in [2.75, 3.05) is 19.8 Å². The lowest BCUT2D eigenvalue weighted by Crippen LogP contribution is -2.71. The van der Waals surface area contributed by atoms with E-state index in [1.807, 2.05) is 0 Å². The fourth-order valence-corrected chi connectivity index (χ4v) is 9.29. The molecular formula is C43H73NO28. The second-order valence-electron chi connectivity index (χ2n) is 18.9. The summed E-state index contributed by atoms with van der Waals surface area (Å²) in [4.78, 5) is 25.8. The minimum absolute atomic E-state index is 0.0838. The monoisotopic (exact) mass is 1050 g/mol. The van der Waals surface area contributed by atoms with Gasteiger partial charge in [0, 0.05) is 20.5 Å². The Morgan fingerprint density at radius 1 is 0.431 bits per heavy atom. The fraction of sp³-hybridized carbons (Fsp3) is 0.953. The van der Waals surface area contributed by atoms with Crippen molar-refractivity contribution in [1.82, 2.24) is 5.32 Å². The molecule has 72 heavy (non-hydrogen) atoms. The second-order valence-corrected chi connectivity index (χ2v) is 18.9. The van der Waals surface area contributed by atoms with Crippen molar-refractivity contribution in [2.24, 2.45) is 0 Å². The van der Waals surface area contributed by atoms with Crippen LogP contribution >= 0.6 is 0 Å². The lowest BCUT2D eigenvalue weighted by atomic mass is 9.94. The molecule has 30 atom stereocenters. The first-order valence-corrected chi connectivity index (χ1v) is 23.9. The van der Waals surface area contributed by atoms with Gasteiger partial charge in [0.15, 0.2) is 43.8 Å². The minimum atomic E-state index is -2.04. The Hall–Kier alpha value is -2.06. The van der Waals surface area contributed by atoms with E-state index in [1.54, 1.807) is 6.92 Å². The molecule has 6 aliphatic heterocycles. The van der Waals surface area contributed by atoms with Gasteiger partial charge in [0.1, 0.15) is 116 Å². The average Bonchev–Trinajstić information content (AvgIpc) is 3.33. The number of ether oxygens (including phenoxy) is 13. The van der Waals surface area contributed by atoms with Gasteiger partial charge in [-0.25, -0.2) is 0 Å². The van der Waals surface area contributed by atoms with Crippen LogP contribution in [0.3, 0.4) is 0 Å². The normalized spacial score (nSPS) is 50.3. The van der Waals surface area contributed by atoms with Crippen LogP contribution in [-0.2, 0) is 71.2 Å². The van der Waals surface area contributed by atoms with Crippen LogP contribution in [-0.4, -0.2) is 282 Å². The summed E-state index contributed by atoms with van der Waals surface area (Å²) in [6, 6.07) is -1.75. The highest BCUT2D eigenvalue weighted by molar-refractivity contribution is 5.73. The number of aliphatic hydroxyl groups is 13. The largest absolute Gasteiger partial charge is 0.454 e. The minimum Gasteiger partial charge on any atom is -0.454 e. The number of hydrogen-bond donors (Lipinski definition) is 14. The van der Waals surface area contributed by atoms with E-state index in [0.717, 1.165) is 13.8 Å². The Labute approximate surface area is 413 Å². The first-order chi connectivity index (χ1) is 33.9. The molecule has 418 valence electrons. The van der Waals surface area contributed by atoms with Gasteiger partial charge >= 0.3 is 5.97 Å². The molecule has 29 nitrogen and oxygen atoms in total. The molecule has 0 bridgehead atoms. The molecular weight excluding hydrogens is 978 g/mol. The van der Waals surface area contributed by atoms with Gasteiger partial charge in [-0.15, -0.1) is 0 Å². The van der Waals surface area contributed by atoms with Crippen LogP contribution in [0.1, 0.15) is 54.9 Å². The molecule has 14 N–H and O–H groups in total. The zero-order chi connectivity index (χ0) is 53.2. The van der Waals surface area contributed by atoms with Crippen LogP contribution in [0, 0.1) is 0 Å². The van der Waals surface area contributed by atoms with Crippen molar-refractivity contribution in [3.63, 3.8) is 0 Å². The van der Waals surface area contributed by atoms with Crippen molar-refractivity contribution in [2.45, 2.75) is 239 Å². The van der Waals surface area contributed by atoms with Crippen molar-refractivity contribution in [1.29, 1.82) is 0 Å². The molecule has 1 amide bonds. The molecule has 6 saturated heterocycles. The first kappa shape index (κ1) is 59.2. The lowest BCUT2D eigenvalue weighted by Gasteiger charge is -2.52. The van der Waals surface area contributed by atoms with Crippen molar-refractivity contribution in [3.05, 3.63) is 0 Å². The Bertz CT molecular complexity index is 1720. The second kappa shape index (κ2) is 25.4. The highest BCUT2D eigenvalue weighted by atomic mass is 16.8. The van der Waals surface area contributed by atoms with E-state index in [9.17, 15) is 76.0 Å². The fourth-order valence-electron chi connectivity index (χ4n) is 9.29. The van der Waals surface area contributed by atoms with Crippen LogP contribution in [0.4, 0.5) is 0 Å². The molecule has 6 heterocycles. The van der Waals surface area contributed by atoms with Crippen LogP contribution in [0.5, 0.6) is 0 Å². The summed E-state index contributed by atoms with van der Waals surface area (Å²) in [5.41, 5.74) is 0. The maximum atomic E-state index is 13.1. The molecule has 0 radical (unpaired) electrons. The summed E-state index contributed by atoms with van der Waals surface area (Å²) in [5, 5.41) is 144. The van der Waals surface area contributed by atoms with Gasteiger partial charge in [0.2, 0.25) is 5.91 Å². The summed E-state index contributed by atoms with van der Waals surface area (Å²) < 4.78 is 77.8. The molecule has 0 aromatic carbocycles. The SMILES string of the molecule is CCCO[C@@H]1O[C@@H](C)[C@H](O)[C@@H](O)[C@H]1O[C@@H]1O[C@@H](C)[C@H](O)[C@@H](O[C@H]2O[C@H](CO)[C@@H](O)[C@H](O)[C@H]2O)[C@H]1O[C@@H]1O[C@H](CO)[C@@H](O)[C@H](O[C@@H]2O[C@@H](C)[C@H](O)[C@@H](O[C@@H]3O[C@@H](C)[C@H](O)[C@@H](O)[C@H]3O)[C@H]2OC(C)=O)[C@H]1NC(C)=O. The van der Waals surface area contributed by atoms with Gasteiger partial charge in [-0.05, 0) is 34.1 Å². The topological polar surface area (TPSA) is 429 Å². The zero-order valence-electron chi connectivity index (χ0n) is 40.6. The van der Waals surface area contributed by atoms with E-state index in [0.29, 0.717) is 6.42 Å². The third-order valence-corrected chi connectivity index (χ3v) is 13.4. The predicted octanol–water partition coefficient (Wildman–Crippen LogP) is -7.84. The van der Waals surface area contributed by atoms with Gasteiger partial charge in [0.25, 0.3) is 0 Å². The van der Waals surface area contributed by atoms with Gasteiger partial charge in [-0.2, -0.15) is 0 Å². The number of aliphatic hydroxyl groups excluding tert-OH is 13. The first-order valence-electron chi connectivity index (χ1n) is 23.9. The molecule has 0 aromatic heterocycles. The molecule has 0 saturated carbocycles. The highest BCUT2D eigenvalue weighted by Gasteiger charge is 2.59. The van der Waals surface area contributed by atoms with Gasteiger partial charge < -0.3 is 133 Å². The van der Waals surface area contributed by atoms with Crippen molar-refractivity contribution >= 4 is 11.9 Å². The highest BCUT2D eigenvalue weighted by Crippen LogP contribution is 2.38. The summed E-state index contributed by atoms with van der Waals surface area (Å²) in [6.45, 7) is 7.62. The van der Waals surface area contributed by atoms with Crippen molar-refractivity contribution in [3.8, 4) is 0 Å². The third kappa shape index (κ3) is 12.8.